The van der Waals surface area contributed by atoms with Crippen LogP contribution < -0.4 is 5.73 Å². The summed E-state index contributed by atoms with van der Waals surface area (Å²) >= 11 is 0. The van der Waals surface area contributed by atoms with E-state index in [-0.39, 0.29) is 10.1 Å². The topological polar surface area (TPSA) is 69.4 Å². The van der Waals surface area contributed by atoms with Crippen LogP contribution in [0.1, 0.15) is 12.8 Å². The molecule has 0 saturated carbocycles. The van der Waals surface area contributed by atoms with E-state index in [1.807, 2.05) is 0 Å². The summed E-state index contributed by atoms with van der Waals surface area (Å²) in [5.74, 6) is 0. The number of ether oxygens (including phenoxy) is 1. The molecule has 0 radical (unpaired) electrons. The van der Waals surface area contributed by atoms with Gasteiger partial charge in [0.15, 0.2) is 9.84 Å². The molecule has 0 aromatic heterocycles. The summed E-state index contributed by atoms with van der Waals surface area (Å²) in [7, 11) is -3.30. The van der Waals surface area contributed by atoms with E-state index in [2.05, 4.69) is 0 Å². The van der Waals surface area contributed by atoms with Crippen molar-refractivity contribution < 1.29 is 13.2 Å². The maximum Gasteiger partial charge on any atom is 0.183 e. The average Bonchev–Trinajstić information content (AvgIpc) is 2.30. The lowest BCUT2D eigenvalue weighted by molar-refractivity contribution is 0.0983. The molecule has 0 amide bonds. The van der Waals surface area contributed by atoms with Gasteiger partial charge in [-0.25, -0.2) is 8.42 Å². The Labute approximate surface area is 95.3 Å². The van der Waals surface area contributed by atoms with Crippen LogP contribution in [-0.4, -0.2) is 26.9 Å². The van der Waals surface area contributed by atoms with Crippen LogP contribution in [0.3, 0.4) is 0 Å². The van der Waals surface area contributed by atoms with Crippen LogP contribution in [0, 0.1) is 0 Å². The standard InChI is InChI=1S/C11H15NO3S/c12-10-3-1-2-4-11(10)16(13,14)9-5-7-15-8-6-9/h1-4,9H,5-8,12H2. The van der Waals surface area contributed by atoms with Crippen molar-refractivity contribution in [2.75, 3.05) is 18.9 Å². The third-order valence-electron chi connectivity index (χ3n) is 2.83. The smallest absolute Gasteiger partial charge is 0.183 e. The molecular weight excluding hydrogens is 226 g/mol. The quantitative estimate of drug-likeness (QED) is 0.790. The Morgan fingerprint density at radius 1 is 1.19 bits per heavy atom. The molecule has 0 spiro atoms. The van der Waals surface area contributed by atoms with E-state index >= 15 is 0 Å². The molecule has 1 aromatic carbocycles. The summed E-state index contributed by atoms with van der Waals surface area (Å²) in [6.07, 6.45) is 1.10. The van der Waals surface area contributed by atoms with Gasteiger partial charge in [-0.2, -0.15) is 0 Å². The van der Waals surface area contributed by atoms with Crippen molar-refractivity contribution in [3.8, 4) is 0 Å². The van der Waals surface area contributed by atoms with Crippen molar-refractivity contribution in [1.82, 2.24) is 0 Å². The molecule has 1 aromatic rings. The maximum atomic E-state index is 12.3. The fourth-order valence-electron chi connectivity index (χ4n) is 1.91. The van der Waals surface area contributed by atoms with E-state index in [0.717, 1.165) is 0 Å². The highest BCUT2D eigenvalue weighted by atomic mass is 32.2. The van der Waals surface area contributed by atoms with Crippen LogP contribution in [0.4, 0.5) is 5.69 Å². The predicted molar refractivity (Wildman–Crippen MR) is 61.9 cm³/mol. The van der Waals surface area contributed by atoms with Gasteiger partial charge in [0.1, 0.15) is 0 Å². The van der Waals surface area contributed by atoms with E-state index in [0.29, 0.717) is 31.7 Å². The van der Waals surface area contributed by atoms with Crippen molar-refractivity contribution in [3.05, 3.63) is 24.3 Å². The molecule has 4 nitrogen and oxygen atoms in total. The summed E-state index contributed by atoms with van der Waals surface area (Å²) in [5, 5.41) is -0.356. The lowest BCUT2D eigenvalue weighted by Crippen LogP contribution is -2.29. The molecule has 16 heavy (non-hydrogen) atoms. The highest BCUT2D eigenvalue weighted by Crippen LogP contribution is 2.27. The van der Waals surface area contributed by atoms with Gasteiger partial charge in [-0.3, -0.25) is 0 Å². The van der Waals surface area contributed by atoms with Crippen molar-refractivity contribution in [2.24, 2.45) is 0 Å². The van der Waals surface area contributed by atoms with Crippen LogP contribution in [-0.2, 0) is 14.6 Å². The molecule has 2 N–H and O–H groups in total. The fraction of sp³-hybridized carbons (Fsp3) is 0.455. The summed E-state index contributed by atoms with van der Waals surface area (Å²) < 4.78 is 29.7. The summed E-state index contributed by atoms with van der Waals surface area (Å²) in [6.45, 7) is 1.02. The number of benzene rings is 1. The maximum absolute atomic E-state index is 12.3. The van der Waals surface area contributed by atoms with E-state index in [9.17, 15) is 8.42 Å². The molecule has 0 bridgehead atoms. The minimum atomic E-state index is -3.30. The molecule has 1 aliphatic heterocycles. The number of anilines is 1. The average molecular weight is 241 g/mol. The van der Waals surface area contributed by atoms with Crippen LogP contribution >= 0.6 is 0 Å². The highest BCUT2D eigenvalue weighted by molar-refractivity contribution is 7.92. The zero-order chi connectivity index (χ0) is 11.6. The zero-order valence-corrected chi connectivity index (χ0v) is 9.74. The monoisotopic (exact) mass is 241 g/mol. The first kappa shape index (κ1) is 11.4. The second-order valence-electron chi connectivity index (χ2n) is 3.89. The Hall–Kier alpha value is -1.07. The largest absolute Gasteiger partial charge is 0.398 e. The normalized spacial score (nSPS) is 18.5. The highest BCUT2D eigenvalue weighted by Gasteiger charge is 2.30. The molecule has 1 saturated heterocycles. The summed E-state index contributed by atoms with van der Waals surface area (Å²) in [5.41, 5.74) is 6.03. The number of hydrogen-bond donors (Lipinski definition) is 1. The zero-order valence-electron chi connectivity index (χ0n) is 8.93. The third-order valence-corrected chi connectivity index (χ3v) is 5.17. The van der Waals surface area contributed by atoms with Crippen LogP contribution in [0.25, 0.3) is 0 Å². The van der Waals surface area contributed by atoms with Gasteiger partial charge >= 0.3 is 0 Å². The Kier molecular flexibility index (Phi) is 3.16. The minimum Gasteiger partial charge on any atom is -0.398 e. The van der Waals surface area contributed by atoms with Gasteiger partial charge in [0.05, 0.1) is 15.8 Å². The van der Waals surface area contributed by atoms with Gasteiger partial charge in [0, 0.05) is 13.2 Å². The number of nitrogen functional groups attached to an aromatic ring is 1. The van der Waals surface area contributed by atoms with E-state index in [4.69, 9.17) is 10.5 Å². The molecule has 2 rings (SSSR count). The van der Waals surface area contributed by atoms with E-state index in [1.165, 1.54) is 0 Å². The number of para-hydroxylation sites is 1. The van der Waals surface area contributed by atoms with Gasteiger partial charge in [0.25, 0.3) is 0 Å². The fourth-order valence-corrected chi connectivity index (χ4v) is 3.74. The van der Waals surface area contributed by atoms with Gasteiger partial charge < -0.3 is 10.5 Å². The first-order valence-electron chi connectivity index (χ1n) is 5.28. The number of sulfone groups is 1. The van der Waals surface area contributed by atoms with Crippen LogP contribution in [0.5, 0.6) is 0 Å². The lowest BCUT2D eigenvalue weighted by atomic mass is 10.2. The van der Waals surface area contributed by atoms with Crippen molar-refractivity contribution in [2.45, 2.75) is 23.0 Å². The molecule has 1 fully saturated rings. The number of nitrogens with two attached hydrogens (primary N) is 1. The van der Waals surface area contributed by atoms with Crippen LogP contribution in [0.2, 0.25) is 0 Å². The first-order valence-corrected chi connectivity index (χ1v) is 6.83. The lowest BCUT2D eigenvalue weighted by Gasteiger charge is -2.22. The van der Waals surface area contributed by atoms with Gasteiger partial charge in [0.2, 0.25) is 0 Å². The van der Waals surface area contributed by atoms with Crippen molar-refractivity contribution in [1.29, 1.82) is 0 Å². The second kappa shape index (κ2) is 4.43. The van der Waals surface area contributed by atoms with Gasteiger partial charge in [-0.1, -0.05) is 12.1 Å². The second-order valence-corrected chi connectivity index (χ2v) is 6.09. The minimum absolute atomic E-state index is 0.252. The molecule has 0 aliphatic carbocycles. The third kappa shape index (κ3) is 2.05. The molecule has 1 heterocycles. The molecule has 5 heteroatoms. The van der Waals surface area contributed by atoms with Crippen LogP contribution in [0.15, 0.2) is 29.2 Å². The predicted octanol–water partition coefficient (Wildman–Crippen LogP) is 1.22. The summed E-state index contributed by atoms with van der Waals surface area (Å²) in [4.78, 5) is 0.252. The molecule has 0 atom stereocenters. The Morgan fingerprint density at radius 2 is 1.81 bits per heavy atom. The number of rotatable bonds is 2. The van der Waals surface area contributed by atoms with E-state index in [1.54, 1.807) is 24.3 Å². The Bertz CT molecular complexity index is 464. The van der Waals surface area contributed by atoms with Gasteiger partial charge in [-0.05, 0) is 25.0 Å². The molecular formula is C11H15NO3S. The van der Waals surface area contributed by atoms with Gasteiger partial charge in [-0.15, -0.1) is 0 Å². The molecule has 1 aliphatic rings. The SMILES string of the molecule is Nc1ccccc1S(=O)(=O)C1CCOCC1. The van der Waals surface area contributed by atoms with Crippen molar-refractivity contribution >= 4 is 15.5 Å². The summed E-state index contributed by atoms with van der Waals surface area (Å²) in [6, 6.07) is 6.62. The Morgan fingerprint density at radius 3 is 2.44 bits per heavy atom. The Balaban J connectivity index is 2.35. The van der Waals surface area contributed by atoms with E-state index < -0.39 is 9.84 Å². The molecule has 0 unspecified atom stereocenters. The van der Waals surface area contributed by atoms with Crippen molar-refractivity contribution in [3.63, 3.8) is 0 Å². The first-order chi connectivity index (χ1) is 7.62. The number of hydrogen-bond acceptors (Lipinski definition) is 4. The molecule has 88 valence electrons.